The van der Waals surface area contributed by atoms with Gasteiger partial charge >= 0.3 is 0 Å². The standard InChI is InChI=1S/C16H29N3O/c1-4-15-8-6-5-7-9-18(15)12-16-13(2)17-19(10-11-20)14(16)3/h15,20H,4-12H2,1-3H3. The lowest BCUT2D eigenvalue weighted by atomic mass is 10.1. The number of aromatic nitrogens is 2. The first kappa shape index (κ1) is 15.5. The molecule has 0 aromatic carbocycles. The van der Waals surface area contributed by atoms with Crippen molar-refractivity contribution >= 4 is 0 Å². The summed E-state index contributed by atoms with van der Waals surface area (Å²) in [6.45, 7) is 9.51. The quantitative estimate of drug-likeness (QED) is 0.901. The first-order valence-electron chi connectivity index (χ1n) is 8.05. The van der Waals surface area contributed by atoms with E-state index in [0.717, 1.165) is 18.3 Å². The van der Waals surface area contributed by atoms with E-state index in [1.807, 2.05) is 4.68 Å². The topological polar surface area (TPSA) is 41.3 Å². The van der Waals surface area contributed by atoms with Crippen molar-refractivity contribution in [3.05, 3.63) is 17.0 Å². The monoisotopic (exact) mass is 279 g/mol. The zero-order valence-electron chi connectivity index (χ0n) is 13.2. The molecule has 1 aliphatic rings. The summed E-state index contributed by atoms with van der Waals surface area (Å²) in [5.74, 6) is 0. The highest BCUT2D eigenvalue weighted by Crippen LogP contribution is 2.23. The molecular weight excluding hydrogens is 250 g/mol. The molecule has 0 bridgehead atoms. The molecule has 1 aliphatic heterocycles. The molecule has 0 radical (unpaired) electrons. The van der Waals surface area contributed by atoms with Gasteiger partial charge in [0.05, 0.1) is 18.8 Å². The molecule has 2 rings (SSSR count). The van der Waals surface area contributed by atoms with Gasteiger partial charge in [-0.25, -0.2) is 0 Å². The van der Waals surface area contributed by atoms with Crippen LogP contribution in [0.25, 0.3) is 0 Å². The summed E-state index contributed by atoms with van der Waals surface area (Å²) >= 11 is 0. The van der Waals surface area contributed by atoms with Crippen molar-refractivity contribution in [2.75, 3.05) is 13.2 Å². The predicted octanol–water partition coefficient (Wildman–Crippen LogP) is 2.65. The lowest BCUT2D eigenvalue weighted by Crippen LogP contribution is -2.34. The maximum Gasteiger partial charge on any atom is 0.0644 e. The summed E-state index contributed by atoms with van der Waals surface area (Å²) in [5, 5.41) is 13.7. The second-order valence-corrected chi connectivity index (χ2v) is 5.98. The predicted molar refractivity (Wildman–Crippen MR) is 81.7 cm³/mol. The maximum absolute atomic E-state index is 9.11. The normalized spacial score (nSPS) is 21.1. The zero-order chi connectivity index (χ0) is 14.5. The summed E-state index contributed by atoms with van der Waals surface area (Å²) in [4.78, 5) is 2.65. The van der Waals surface area contributed by atoms with E-state index in [1.54, 1.807) is 0 Å². The molecule has 1 N–H and O–H groups in total. The molecule has 2 heterocycles. The fraction of sp³-hybridized carbons (Fsp3) is 0.812. The Balaban J connectivity index is 2.15. The largest absolute Gasteiger partial charge is 0.394 e. The Labute approximate surface area is 122 Å². The second kappa shape index (κ2) is 7.23. The summed E-state index contributed by atoms with van der Waals surface area (Å²) in [6, 6.07) is 0.720. The molecular formula is C16H29N3O. The molecule has 4 nitrogen and oxygen atoms in total. The van der Waals surface area contributed by atoms with Crippen molar-refractivity contribution in [3.8, 4) is 0 Å². The van der Waals surface area contributed by atoms with Gasteiger partial charge in [-0.1, -0.05) is 19.8 Å². The second-order valence-electron chi connectivity index (χ2n) is 5.98. The highest BCUT2D eigenvalue weighted by atomic mass is 16.3. The van der Waals surface area contributed by atoms with E-state index in [2.05, 4.69) is 30.8 Å². The van der Waals surface area contributed by atoms with Gasteiger partial charge in [0.2, 0.25) is 0 Å². The van der Waals surface area contributed by atoms with E-state index in [9.17, 15) is 0 Å². The molecule has 0 amide bonds. The van der Waals surface area contributed by atoms with Crippen molar-refractivity contribution in [1.82, 2.24) is 14.7 Å². The van der Waals surface area contributed by atoms with E-state index >= 15 is 0 Å². The third-order valence-electron chi connectivity index (χ3n) is 4.67. The van der Waals surface area contributed by atoms with Crippen molar-refractivity contribution < 1.29 is 5.11 Å². The number of aryl methyl sites for hydroxylation is 1. The van der Waals surface area contributed by atoms with E-state index in [1.165, 1.54) is 49.9 Å². The van der Waals surface area contributed by atoms with E-state index in [4.69, 9.17) is 5.11 Å². The third kappa shape index (κ3) is 3.41. The molecule has 1 aromatic heterocycles. The minimum Gasteiger partial charge on any atom is -0.394 e. The van der Waals surface area contributed by atoms with Crippen molar-refractivity contribution in [1.29, 1.82) is 0 Å². The Morgan fingerprint density at radius 3 is 2.75 bits per heavy atom. The average molecular weight is 279 g/mol. The van der Waals surface area contributed by atoms with Crippen LogP contribution >= 0.6 is 0 Å². The number of rotatable bonds is 5. The van der Waals surface area contributed by atoms with Gasteiger partial charge in [0, 0.05) is 23.8 Å². The fourth-order valence-corrected chi connectivity index (χ4v) is 3.39. The Hall–Kier alpha value is -0.870. The van der Waals surface area contributed by atoms with Crippen LogP contribution in [-0.4, -0.2) is 39.0 Å². The molecule has 20 heavy (non-hydrogen) atoms. The van der Waals surface area contributed by atoms with Crippen LogP contribution in [0.15, 0.2) is 0 Å². The molecule has 1 fully saturated rings. The van der Waals surface area contributed by atoms with Gasteiger partial charge in [-0.3, -0.25) is 9.58 Å². The van der Waals surface area contributed by atoms with E-state index in [0.29, 0.717) is 6.54 Å². The number of aliphatic hydroxyl groups excluding tert-OH is 1. The van der Waals surface area contributed by atoms with Crippen LogP contribution in [0.3, 0.4) is 0 Å². The van der Waals surface area contributed by atoms with Gasteiger partial charge in [-0.2, -0.15) is 5.10 Å². The lowest BCUT2D eigenvalue weighted by molar-refractivity contribution is 0.185. The van der Waals surface area contributed by atoms with Crippen LogP contribution in [0, 0.1) is 13.8 Å². The summed E-state index contributed by atoms with van der Waals surface area (Å²) in [6.07, 6.45) is 6.63. The van der Waals surface area contributed by atoms with Crippen LogP contribution in [0.2, 0.25) is 0 Å². The molecule has 1 unspecified atom stereocenters. The van der Waals surface area contributed by atoms with Crippen molar-refractivity contribution in [2.24, 2.45) is 0 Å². The van der Waals surface area contributed by atoms with Crippen LogP contribution in [0.1, 0.15) is 56.0 Å². The smallest absolute Gasteiger partial charge is 0.0644 e. The summed E-state index contributed by atoms with van der Waals surface area (Å²) < 4.78 is 1.95. The lowest BCUT2D eigenvalue weighted by Gasteiger charge is -2.29. The van der Waals surface area contributed by atoms with Gasteiger partial charge in [0.1, 0.15) is 0 Å². The number of nitrogens with zero attached hydrogens (tertiary/aromatic N) is 3. The van der Waals surface area contributed by atoms with Crippen LogP contribution < -0.4 is 0 Å². The molecule has 1 saturated heterocycles. The molecule has 114 valence electrons. The minimum absolute atomic E-state index is 0.155. The van der Waals surface area contributed by atoms with Gasteiger partial charge in [0.25, 0.3) is 0 Å². The number of likely N-dealkylation sites (tertiary alicyclic amines) is 1. The Bertz CT molecular complexity index is 428. The van der Waals surface area contributed by atoms with Crippen molar-refractivity contribution in [3.63, 3.8) is 0 Å². The number of hydrogen-bond donors (Lipinski definition) is 1. The fourth-order valence-electron chi connectivity index (χ4n) is 3.39. The Kier molecular flexibility index (Phi) is 5.61. The molecule has 0 aliphatic carbocycles. The maximum atomic E-state index is 9.11. The first-order valence-corrected chi connectivity index (χ1v) is 8.05. The van der Waals surface area contributed by atoms with Gasteiger partial charge < -0.3 is 5.11 Å². The number of hydrogen-bond acceptors (Lipinski definition) is 3. The van der Waals surface area contributed by atoms with E-state index < -0.39 is 0 Å². The van der Waals surface area contributed by atoms with E-state index in [-0.39, 0.29) is 6.61 Å². The Morgan fingerprint density at radius 1 is 1.25 bits per heavy atom. The van der Waals surface area contributed by atoms with Gasteiger partial charge in [-0.15, -0.1) is 0 Å². The molecule has 4 heteroatoms. The molecule has 1 aromatic rings. The highest BCUT2D eigenvalue weighted by Gasteiger charge is 2.22. The van der Waals surface area contributed by atoms with Gasteiger partial charge in [-0.05, 0) is 39.7 Å². The third-order valence-corrected chi connectivity index (χ3v) is 4.67. The zero-order valence-corrected chi connectivity index (χ0v) is 13.2. The van der Waals surface area contributed by atoms with Crippen LogP contribution in [-0.2, 0) is 13.1 Å². The SMILES string of the molecule is CCC1CCCCCN1Cc1c(C)nn(CCO)c1C. The van der Waals surface area contributed by atoms with Crippen molar-refractivity contribution in [2.45, 2.75) is 72.0 Å². The number of aliphatic hydroxyl groups is 1. The highest BCUT2D eigenvalue weighted by molar-refractivity contribution is 5.24. The summed E-state index contributed by atoms with van der Waals surface area (Å²) in [5.41, 5.74) is 3.70. The minimum atomic E-state index is 0.155. The summed E-state index contributed by atoms with van der Waals surface area (Å²) in [7, 11) is 0. The van der Waals surface area contributed by atoms with Gasteiger partial charge in [0.15, 0.2) is 0 Å². The first-order chi connectivity index (χ1) is 9.67. The molecule has 1 atom stereocenters. The Morgan fingerprint density at radius 2 is 2.05 bits per heavy atom. The molecule has 0 saturated carbocycles. The average Bonchev–Trinajstić information content (AvgIpc) is 2.62. The molecule has 0 spiro atoms. The van der Waals surface area contributed by atoms with Crippen LogP contribution in [0.4, 0.5) is 0 Å². The van der Waals surface area contributed by atoms with Crippen LogP contribution in [0.5, 0.6) is 0 Å².